The molecule has 132 valence electrons. The lowest BCUT2D eigenvalue weighted by Crippen LogP contribution is -2.39. The van der Waals surface area contributed by atoms with Gasteiger partial charge in [0.05, 0.1) is 23.9 Å². The Kier molecular flexibility index (Phi) is 5.60. The van der Waals surface area contributed by atoms with Gasteiger partial charge < -0.3 is 14.4 Å². The molecule has 1 amide bonds. The van der Waals surface area contributed by atoms with Crippen molar-refractivity contribution in [2.75, 3.05) is 20.3 Å². The molecule has 0 aromatic carbocycles. The summed E-state index contributed by atoms with van der Waals surface area (Å²) in [6.07, 6.45) is 8.42. The minimum atomic E-state index is -0.0389. The number of methoxy groups -OCH3 is 1. The van der Waals surface area contributed by atoms with Gasteiger partial charge in [-0.1, -0.05) is 6.92 Å². The van der Waals surface area contributed by atoms with Crippen LogP contribution in [0.25, 0.3) is 0 Å². The zero-order valence-electron chi connectivity index (χ0n) is 14.6. The second kappa shape index (κ2) is 8.07. The standard InChI is InChI=1S/C19H23N3O3/c1-3-14-7-15(10-21-9-14)19(23)22-12-18(24-2)8-16(22)13-25-17-5-4-6-20-11-17/h4-7,9-11,16,18H,3,8,12-13H2,1-2H3/t16-,18+/m0/s1. The summed E-state index contributed by atoms with van der Waals surface area (Å²) in [6.45, 7) is 3.03. The maximum Gasteiger partial charge on any atom is 0.255 e. The van der Waals surface area contributed by atoms with Crippen molar-refractivity contribution in [2.24, 2.45) is 0 Å². The van der Waals surface area contributed by atoms with Crippen molar-refractivity contribution in [3.8, 4) is 5.75 Å². The van der Waals surface area contributed by atoms with Gasteiger partial charge >= 0.3 is 0 Å². The van der Waals surface area contributed by atoms with E-state index >= 15 is 0 Å². The number of pyridine rings is 2. The van der Waals surface area contributed by atoms with Crippen molar-refractivity contribution in [1.82, 2.24) is 14.9 Å². The summed E-state index contributed by atoms with van der Waals surface area (Å²) in [4.78, 5) is 23.0. The molecule has 6 nitrogen and oxygen atoms in total. The second-order valence-electron chi connectivity index (χ2n) is 6.14. The topological polar surface area (TPSA) is 64.6 Å². The summed E-state index contributed by atoms with van der Waals surface area (Å²) in [7, 11) is 1.68. The van der Waals surface area contributed by atoms with E-state index in [1.54, 1.807) is 31.9 Å². The third kappa shape index (κ3) is 4.14. The number of aromatic nitrogens is 2. The number of aryl methyl sites for hydroxylation is 1. The maximum absolute atomic E-state index is 13.0. The van der Waals surface area contributed by atoms with E-state index in [9.17, 15) is 4.79 Å². The van der Waals surface area contributed by atoms with Crippen molar-refractivity contribution in [1.29, 1.82) is 0 Å². The van der Waals surface area contributed by atoms with Crippen molar-refractivity contribution in [3.63, 3.8) is 0 Å². The Morgan fingerprint density at radius 1 is 1.32 bits per heavy atom. The first-order chi connectivity index (χ1) is 12.2. The summed E-state index contributed by atoms with van der Waals surface area (Å²) in [5, 5.41) is 0. The highest BCUT2D eigenvalue weighted by atomic mass is 16.5. The van der Waals surface area contributed by atoms with Gasteiger partial charge in [0, 0.05) is 32.2 Å². The Bertz CT molecular complexity index is 708. The molecule has 0 aliphatic carbocycles. The molecular formula is C19H23N3O3. The van der Waals surface area contributed by atoms with Gasteiger partial charge in [0.25, 0.3) is 5.91 Å². The van der Waals surface area contributed by atoms with Gasteiger partial charge in [-0.2, -0.15) is 0 Å². The molecule has 1 fully saturated rings. The largest absolute Gasteiger partial charge is 0.490 e. The lowest BCUT2D eigenvalue weighted by atomic mass is 10.1. The Morgan fingerprint density at radius 3 is 2.92 bits per heavy atom. The van der Waals surface area contributed by atoms with Crippen LogP contribution >= 0.6 is 0 Å². The highest BCUT2D eigenvalue weighted by Gasteiger charge is 2.36. The molecule has 0 N–H and O–H groups in total. The number of amides is 1. The van der Waals surface area contributed by atoms with Crippen molar-refractivity contribution in [2.45, 2.75) is 31.9 Å². The van der Waals surface area contributed by atoms with E-state index in [1.807, 2.05) is 30.0 Å². The normalized spacial score (nSPS) is 19.8. The van der Waals surface area contributed by atoms with Crippen LogP contribution in [0.15, 0.2) is 43.0 Å². The van der Waals surface area contributed by atoms with E-state index in [0.29, 0.717) is 24.5 Å². The fourth-order valence-electron chi connectivity index (χ4n) is 3.04. The van der Waals surface area contributed by atoms with Gasteiger partial charge in [-0.05, 0) is 36.6 Å². The maximum atomic E-state index is 13.0. The van der Waals surface area contributed by atoms with Crippen LogP contribution in [0.4, 0.5) is 0 Å². The first-order valence-electron chi connectivity index (χ1n) is 8.51. The minimum Gasteiger partial charge on any atom is -0.490 e. The molecular weight excluding hydrogens is 318 g/mol. The first kappa shape index (κ1) is 17.4. The fourth-order valence-corrected chi connectivity index (χ4v) is 3.04. The molecule has 1 aliphatic rings. The summed E-state index contributed by atoms with van der Waals surface area (Å²) in [5.74, 6) is 0.674. The smallest absolute Gasteiger partial charge is 0.255 e. The van der Waals surface area contributed by atoms with Crippen molar-refractivity contribution >= 4 is 5.91 Å². The minimum absolute atomic E-state index is 0.0220. The number of likely N-dealkylation sites (tertiary alicyclic amines) is 1. The lowest BCUT2D eigenvalue weighted by molar-refractivity contribution is 0.0657. The fraction of sp³-hybridized carbons (Fsp3) is 0.421. The van der Waals surface area contributed by atoms with E-state index < -0.39 is 0 Å². The molecule has 0 spiro atoms. The molecule has 1 saturated heterocycles. The van der Waals surface area contributed by atoms with Gasteiger partial charge in [0.2, 0.25) is 0 Å². The van der Waals surface area contributed by atoms with Crippen LogP contribution in [0.1, 0.15) is 29.3 Å². The van der Waals surface area contributed by atoms with E-state index in [4.69, 9.17) is 9.47 Å². The van der Waals surface area contributed by atoms with Crippen molar-refractivity contribution < 1.29 is 14.3 Å². The number of carbonyl (C=O) groups excluding carboxylic acids is 1. The molecule has 3 rings (SSSR count). The summed E-state index contributed by atoms with van der Waals surface area (Å²) < 4.78 is 11.3. The third-order valence-corrected chi connectivity index (χ3v) is 4.50. The lowest BCUT2D eigenvalue weighted by Gasteiger charge is -2.24. The predicted molar refractivity (Wildman–Crippen MR) is 93.6 cm³/mol. The Labute approximate surface area is 147 Å². The average Bonchev–Trinajstić information content (AvgIpc) is 3.10. The molecule has 0 saturated carbocycles. The van der Waals surface area contributed by atoms with E-state index in [2.05, 4.69) is 9.97 Å². The van der Waals surface area contributed by atoms with E-state index in [-0.39, 0.29) is 18.1 Å². The van der Waals surface area contributed by atoms with Crippen LogP contribution in [0.3, 0.4) is 0 Å². The quantitative estimate of drug-likeness (QED) is 0.807. The highest BCUT2D eigenvalue weighted by Crippen LogP contribution is 2.23. The summed E-state index contributed by atoms with van der Waals surface area (Å²) >= 11 is 0. The zero-order chi connectivity index (χ0) is 17.6. The number of carbonyl (C=O) groups is 1. The number of hydrogen-bond acceptors (Lipinski definition) is 5. The number of rotatable bonds is 6. The molecule has 0 radical (unpaired) electrons. The Morgan fingerprint density at radius 2 is 2.20 bits per heavy atom. The van der Waals surface area contributed by atoms with Gasteiger partial charge in [-0.25, -0.2) is 0 Å². The van der Waals surface area contributed by atoms with Crippen LogP contribution in [0, 0.1) is 0 Å². The van der Waals surface area contributed by atoms with Crippen LogP contribution in [-0.2, 0) is 11.2 Å². The third-order valence-electron chi connectivity index (χ3n) is 4.50. The SMILES string of the molecule is CCc1cncc(C(=O)N2C[C@H](OC)C[C@H]2COc2cccnc2)c1. The van der Waals surface area contributed by atoms with Crippen LogP contribution in [-0.4, -0.2) is 53.2 Å². The molecule has 2 atom stereocenters. The van der Waals surface area contributed by atoms with Crippen LogP contribution in [0.5, 0.6) is 5.75 Å². The molecule has 0 unspecified atom stereocenters. The monoisotopic (exact) mass is 341 g/mol. The van der Waals surface area contributed by atoms with Gasteiger partial charge in [-0.15, -0.1) is 0 Å². The number of nitrogens with zero attached hydrogens (tertiary/aromatic N) is 3. The van der Waals surface area contributed by atoms with Crippen LogP contribution in [0.2, 0.25) is 0 Å². The molecule has 3 heterocycles. The second-order valence-corrected chi connectivity index (χ2v) is 6.14. The van der Waals surface area contributed by atoms with Gasteiger partial charge in [-0.3, -0.25) is 14.8 Å². The van der Waals surface area contributed by atoms with E-state index in [0.717, 1.165) is 18.4 Å². The number of ether oxygens (including phenoxy) is 2. The van der Waals surface area contributed by atoms with Gasteiger partial charge in [0.1, 0.15) is 12.4 Å². The van der Waals surface area contributed by atoms with Crippen molar-refractivity contribution in [3.05, 3.63) is 54.1 Å². The molecule has 0 bridgehead atoms. The van der Waals surface area contributed by atoms with E-state index in [1.165, 1.54) is 0 Å². The van der Waals surface area contributed by atoms with Crippen LogP contribution < -0.4 is 4.74 Å². The molecule has 25 heavy (non-hydrogen) atoms. The summed E-state index contributed by atoms with van der Waals surface area (Å²) in [6, 6.07) is 5.56. The summed E-state index contributed by atoms with van der Waals surface area (Å²) in [5.41, 5.74) is 1.67. The van der Waals surface area contributed by atoms with Gasteiger partial charge in [0.15, 0.2) is 0 Å². The predicted octanol–water partition coefficient (Wildman–Crippen LogP) is 2.35. The molecule has 6 heteroatoms. The molecule has 2 aromatic heterocycles. The Hall–Kier alpha value is -2.47. The molecule has 1 aliphatic heterocycles. The zero-order valence-corrected chi connectivity index (χ0v) is 14.6. The first-order valence-corrected chi connectivity index (χ1v) is 8.51. The Balaban J connectivity index is 1.73. The average molecular weight is 341 g/mol. The molecule has 2 aromatic rings. The highest BCUT2D eigenvalue weighted by molar-refractivity contribution is 5.94. The number of hydrogen-bond donors (Lipinski definition) is 0.